The lowest BCUT2D eigenvalue weighted by atomic mass is 10.2. The standard InChI is InChI=1S/C14H10F2N2O3/c15-10-3-9(4-11(16)5-10)13(19)18-7-8-1-2-12(14(20)21)17-6-8/h1-6H,7H2,(H,18,19)(H,20,21). The van der Waals surface area contributed by atoms with Gasteiger partial charge in [0.2, 0.25) is 0 Å². The number of hydrogen-bond acceptors (Lipinski definition) is 3. The van der Waals surface area contributed by atoms with E-state index in [0.29, 0.717) is 11.6 Å². The summed E-state index contributed by atoms with van der Waals surface area (Å²) >= 11 is 0. The average molecular weight is 292 g/mol. The van der Waals surface area contributed by atoms with Gasteiger partial charge < -0.3 is 10.4 Å². The molecule has 108 valence electrons. The summed E-state index contributed by atoms with van der Waals surface area (Å²) in [5, 5.41) is 11.1. The third kappa shape index (κ3) is 3.82. The zero-order chi connectivity index (χ0) is 15.4. The van der Waals surface area contributed by atoms with Crippen LogP contribution in [0.1, 0.15) is 26.4 Å². The second kappa shape index (κ2) is 6.08. The van der Waals surface area contributed by atoms with Crippen molar-refractivity contribution < 1.29 is 23.5 Å². The molecule has 0 radical (unpaired) electrons. The van der Waals surface area contributed by atoms with Crippen molar-refractivity contribution >= 4 is 11.9 Å². The molecule has 0 unspecified atom stereocenters. The summed E-state index contributed by atoms with van der Waals surface area (Å²) in [5.74, 6) is -3.48. The Morgan fingerprint density at radius 2 is 1.81 bits per heavy atom. The number of pyridine rings is 1. The highest BCUT2D eigenvalue weighted by molar-refractivity contribution is 5.94. The molecule has 2 rings (SSSR count). The third-order valence-corrected chi connectivity index (χ3v) is 2.62. The van der Waals surface area contributed by atoms with Crippen molar-refractivity contribution in [3.63, 3.8) is 0 Å². The number of nitrogens with zero attached hydrogens (tertiary/aromatic N) is 1. The Morgan fingerprint density at radius 3 is 2.33 bits per heavy atom. The Hall–Kier alpha value is -2.83. The summed E-state index contributed by atoms with van der Waals surface area (Å²) in [6.45, 7) is 0.0594. The second-order valence-corrected chi connectivity index (χ2v) is 4.20. The van der Waals surface area contributed by atoms with Crippen molar-refractivity contribution in [1.82, 2.24) is 10.3 Å². The Kier molecular flexibility index (Phi) is 4.22. The third-order valence-electron chi connectivity index (χ3n) is 2.62. The Labute approximate surface area is 118 Å². The Bertz CT molecular complexity index is 667. The Balaban J connectivity index is 2.02. The average Bonchev–Trinajstić information content (AvgIpc) is 2.44. The van der Waals surface area contributed by atoms with E-state index in [9.17, 15) is 18.4 Å². The van der Waals surface area contributed by atoms with Gasteiger partial charge in [0, 0.05) is 24.4 Å². The molecule has 5 nitrogen and oxygen atoms in total. The molecule has 1 amide bonds. The first-order chi connectivity index (χ1) is 9.95. The van der Waals surface area contributed by atoms with Crippen LogP contribution in [0, 0.1) is 11.6 Å². The molecular weight excluding hydrogens is 282 g/mol. The molecule has 2 aromatic rings. The van der Waals surface area contributed by atoms with Crippen LogP contribution in [-0.2, 0) is 6.54 Å². The van der Waals surface area contributed by atoms with Gasteiger partial charge in [0.25, 0.3) is 5.91 Å². The molecule has 0 saturated heterocycles. The van der Waals surface area contributed by atoms with Crippen LogP contribution < -0.4 is 5.32 Å². The van der Waals surface area contributed by atoms with E-state index < -0.39 is 23.5 Å². The van der Waals surface area contributed by atoms with E-state index in [-0.39, 0.29) is 17.8 Å². The molecule has 21 heavy (non-hydrogen) atoms. The van der Waals surface area contributed by atoms with Crippen molar-refractivity contribution in [3.8, 4) is 0 Å². The number of halogens is 2. The summed E-state index contributed by atoms with van der Waals surface area (Å²) in [5.41, 5.74) is 0.310. The smallest absolute Gasteiger partial charge is 0.354 e. The largest absolute Gasteiger partial charge is 0.477 e. The number of carbonyl (C=O) groups is 2. The van der Waals surface area contributed by atoms with E-state index in [1.807, 2.05) is 0 Å². The molecule has 0 fully saturated rings. The predicted molar refractivity (Wildman–Crippen MR) is 68.7 cm³/mol. The summed E-state index contributed by atoms with van der Waals surface area (Å²) in [6, 6.07) is 5.30. The fourth-order valence-corrected chi connectivity index (χ4v) is 1.62. The molecule has 1 heterocycles. The van der Waals surface area contributed by atoms with Gasteiger partial charge in [-0.15, -0.1) is 0 Å². The number of rotatable bonds is 4. The maximum absolute atomic E-state index is 13.0. The molecule has 1 aromatic heterocycles. The molecule has 0 saturated carbocycles. The number of hydrogen-bond donors (Lipinski definition) is 2. The van der Waals surface area contributed by atoms with Crippen LogP contribution in [0.4, 0.5) is 8.78 Å². The van der Waals surface area contributed by atoms with Gasteiger partial charge in [0.1, 0.15) is 17.3 Å². The molecule has 0 spiro atoms. The van der Waals surface area contributed by atoms with Gasteiger partial charge in [-0.3, -0.25) is 4.79 Å². The molecule has 7 heteroatoms. The number of carbonyl (C=O) groups excluding carboxylic acids is 1. The van der Waals surface area contributed by atoms with Gasteiger partial charge in [-0.2, -0.15) is 0 Å². The summed E-state index contributed by atoms with van der Waals surface area (Å²) < 4.78 is 26.0. The molecule has 0 bridgehead atoms. The number of aromatic nitrogens is 1. The first kappa shape index (κ1) is 14.6. The minimum atomic E-state index is -1.15. The van der Waals surface area contributed by atoms with E-state index >= 15 is 0 Å². The fraction of sp³-hybridized carbons (Fsp3) is 0.0714. The molecule has 0 aliphatic heterocycles. The fourth-order valence-electron chi connectivity index (χ4n) is 1.62. The van der Waals surface area contributed by atoms with Crippen LogP contribution in [-0.4, -0.2) is 22.0 Å². The highest BCUT2D eigenvalue weighted by Crippen LogP contribution is 2.08. The summed E-state index contributed by atoms with van der Waals surface area (Å²) in [7, 11) is 0. The topological polar surface area (TPSA) is 79.3 Å². The van der Waals surface area contributed by atoms with Crippen molar-refractivity contribution in [3.05, 3.63) is 65.0 Å². The minimum absolute atomic E-state index is 0.0594. The van der Waals surface area contributed by atoms with Crippen LogP contribution in [0.2, 0.25) is 0 Å². The molecule has 0 aliphatic rings. The lowest BCUT2D eigenvalue weighted by Gasteiger charge is -2.06. The van der Waals surface area contributed by atoms with Crippen molar-refractivity contribution in [2.45, 2.75) is 6.54 Å². The number of carboxylic acid groups (broad SMARTS) is 1. The molecule has 2 N–H and O–H groups in total. The highest BCUT2D eigenvalue weighted by Gasteiger charge is 2.09. The van der Waals surface area contributed by atoms with Gasteiger partial charge in [-0.1, -0.05) is 6.07 Å². The van der Waals surface area contributed by atoms with Gasteiger partial charge >= 0.3 is 5.97 Å². The molecule has 0 atom stereocenters. The Morgan fingerprint density at radius 1 is 1.14 bits per heavy atom. The quantitative estimate of drug-likeness (QED) is 0.903. The van der Waals surface area contributed by atoms with E-state index in [1.165, 1.54) is 18.3 Å². The van der Waals surface area contributed by atoms with Crippen LogP contribution in [0.25, 0.3) is 0 Å². The summed E-state index contributed by atoms with van der Waals surface area (Å²) in [4.78, 5) is 26.0. The van der Waals surface area contributed by atoms with Crippen LogP contribution in [0.3, 0.4) is 0 Å². The van der Waals surface area contributed by atoms with Crippen LogP contribution >= 0.6 is 0 Å². The predicted octanol–water partition coefficient (Wildman–Crippen LogP) is 1.99. The van der Waals surface area contributed by atoms with Gasteiger partial charge in [-0.25, -0.2) is 18.6 Å². The van der Waals surface area contributed by atoms with Crippen molar-refractivity contribution in [2.75, 3.05) is 0 Å². The number of nitrogens with one attached hydrogen (secondary N) is 1. The molecule has 0 aliphatic carbocycles. The van der Waals surface area contributed by atoms with Crippen LogP contribution in [0.15, 0.2) is 36.5 Å². The SMILES string of the molecule is O=C(NCc1ccc(C(=O)O)nc1)c1cc(F)cc(F)c1. The molecular formula is C14H10F2N2O3. The van der Waals surface area contributed by atoms with E-state index in [2.05, 4.69) is 10.3 Å². The van der Waals surface area contributed by atoms with Crippen LogP contribution in [0.5, 0.6) is 0 Å². The number of amides is 1. The van der Waals surface area contributed by atoms with Gasteiger partial charge in [-0.05, 0) is 23.8 Å². The number of aromatic carboxylic acids is 1. The van der Waals surface area contributed by atoms with Crippen molar-refractivity contribution in [1.29, 1.82) is 0 Å². The number of carboxylic acids is 1. The minimum Gasteiger partial charge on any atom is -0.477 e. The zero-order valence-electron chi connectivity index (χ0n) is 10.6. The van der Waals surface area contributed by atoms with Gasteiger partial charge in [0.05, 0.1) is 0 Å². The first-order valence-electron chi connectivity index (χ1n) is 5.88. The maximum Gasteiger partial charge on any atom is 0.354 e. The van der Waals surface area contributed by atoms with E-state index in [0.717, 1.165) is 12.1 Å². The highest BCUT2D eigenvalue weighted by atomic mass is 19.1. The first-order valence-corrected chi connectivity index (χ1v) is 5.88. The second-order valence-electron chi connectivity index (χ2n) is 4.20. The summed E-state index contributed by atoms with van der Waals surface area (Å²) in [6.07, 6.45) is 1.30. The van der Waals surface area contributed by atoms with Gasteiger partial charge in [0.15, 0.2) is 0 Å². The maximum atomic E-state index is 13.0. The van der Waals surface area contributed by atoms with E-state index in [1.54, 1.807) is 0 Å². The lowest BCUT2D eigenvalue weighted by molar-refractivity contribution is 0.0690. The number of benzene rings is 1. The monoisotopic (exact) mass is 292 g/mol. The lowest BCUT2D eigenvalue weighted by Crippen LogP contribution is -2.23. The normalized spacial score (nSPS) is 10.2. The van der Waals surface area contributed by atoms with Crippen molar-refractivity contribution in [2.24, 2.45) is 0 Å². The van der Waals surface area contributed by atoms with E-state index in [4.69, 9.17) is 5.11 Å². The zero-order valence-corrected chi connectivity index (χ0v) is 10.6. The molecule has 1 aromatic carbocycles.